The quantitative estimate of drug-likeness (QED) is 0.563. The molecule has 0 radical (unpaired) electrons. The highest BCUT2D eigenvalue weighted by molar-refractivity contribution is 5.46. The Morgan fingerprint density at radius 3 is 2.58 bits per heavy atom. The van der Waals surface area contributed by atoms with Crippen LogP contribution >= 0.6 is 0 Å². The van der Waals surface area contributed by atoms with Gasteiger partial charge in [-0.15, -0.1) is 0 Å². The monoisotopic (exact) mass is 352 g/mol. The summed E-state index contributed by atoms with van der Waals surface area (Å²) in [5.41, 5.74) is 5.16. The molecule has 2 unspecified atom stereocenters. The van der Waals surface area contributed by atoms with Crippen LogP contribution < -0.4 is 0 Å². The van der Waals surface area contributed by atoms with E-state index in [0.29, 0.717) is 5.65 Å². The summed E-state index contributed by atoms with van der Waals surface area (Å²) in [6.45, 7) is 10.1. The Hall–Kier alpha value is -2.83. The molecule has 0 aliphatic heterocycles. The standard InChI is InChI=1S/C19H21FN6/c1-10-9-21-13(4)19-23-18(24-26(10)19)12(3)11(2)17-14(5)25-7-6-15(20)8-16(25)22-17/h6-9,11-12H,1-5H3. The number of aromatic nitrogens is 6. The summed E-state index contributed by atoms with van der Waals surface area (Å²) in [5.74, 6) is 0.626. The van der Waals surface area contributed by atoms with Crippen molar-refractivity contribution in [3.63, 3.8) is 0 Å². The van der Waals surface area contributed by atoms with Crippen molar-refractivity contribution in [1.29, 1.82) is 0 Å². The van der Waals surface area contributed by atoms with Gasteiger partial charge in [0.15, 0.2) is 11.5 Å². The Kier molecular flexibility index (Phi) is 3.75. The van der Waals surface area contributed by atoms with E-state index in [-0.39, 0.29) is 17.7 Å². The summed E-state index contributed by atoms with van der Waals surface area (Å²) in [6.07, 6.45) is 3.52. The second kappa shape index (κ2) is 5.86. The van der Waals surface area contributed by atoms with Gasteiger partial charge in [-0.25, -0.2) is 18.9 Å². The third-order valence-corrected chi connectivity index (χ3v) is 5.18. The van der Waals surface area contributed by atoms with Crippen LogP contribution in [0.2, 0.25) is 0 Å². The zero-order chi connectivity index (χ0) is 18.6. The molecule has 0 aliphatic carbocycles. The van der Waals surface area contributed by atoms with Crippen LogP contribution in [0.1, 0.15) is 54.3 Å². The maximum absolute atomic E-state index is 13.5. The lowest BCUT2D eigenvalue weighted by Crippen LogP contribution is -2.09. The zero-order valence-corrected chi connectivity index (χ0v) is 15.5. The first-order valence-electron chi connectivity index (χ1n) is 8.69. The molecular formula is C19H21FN6. The highest BCUT2D eigenvalue weighted by Gasteiger charge is 2.25. The number of fused-ring (bicyclic) bond motifs is 2. The predicted octanol–water partition coefficient (Wildman–Crippen LogP) is 3.74. The second-order valence-corrected chi connectivity index (χ2v) is 6.92. The molecule has 7 heteroatoms. The molecule has 4 aromatic rings. The van der Waals surface area contributed by atoms with Crippen molar-refractivity contribution < 1.29 is 4.39 Å². The van der Waals surface area contributed by atoms with Gasteiger partial charge in [-0.1, -0.05) is 13.8 Å². The van der Waals surface area contributed by atoms with Crippen molar-refractivity contribution in [2.75, 3.05) is 0 Å². The van der Waals surface area contributed by atoms with Crippen molar-refractivity contribution >= 4 is 11.3 Å². The van der Waals surface area contributed by atoms with Crippen molar-refractivity contribution in [2.45, 2.75) is 46.5 Å². The Morgan fingerprint density at radius 2 is 1.85 bits per heavy atom. The van der Waals surface area contributed by atoms with Gasteiger partial charge < -0.3 is 4.40 Å². The number of hydrogen-bond donors (Lipinski definition) is 0. The van der Waals surface area contributed by atoms with Crippen LogP contribution in [0.25, 0.3) is 11.3 Å². The molecule has 0 amide bonds. The minimum atomic E-state index is -0.282. The number of pyridine rings is 1. The van der Waals surface area contributed by atoms with Crippen LogP contribution in [0, 0.1) is 26.6 Å². The van der Waals surface area contributed by atoms with Crippen LogP contribution in [-0.2, 0) is 0 Å². The SMILES string of the molecule is Cc1ncc(C)n2nc(C(C)C(C)c3nc4cc(F)ccn4c3C)nc12. The van der Waals surface area contributed by atoms with Gasteiger partial charge in [0.2, 0.25) is 0 Å². The maximum Gasteiger partial charge on any atom is 0.177 e. The first-order chi connectivity index (χ1) is 12.4. The summed E-state index contributed by atoms with van der Waals surface area (Å²) in [6, 6.07) is 2.90. The number of halogens is 1. The van der Waals surface area contributed by atoms with Crippen molar-refractivity contribution in [3.05, 3.63) is 58.9 Å². The van der Waals surface area contributed by atoms with E-state index < -0.39 is 0 Å². The van der Waals surface area contributed by atoms with E-state index in [2.05, 4.69) is 28.9 Å². The highest BCUT2D eigenvalue weighted by Crippen LogP contribution is 2.32. The van der Waals surface area contributed by atoms with Gasteiger partial charge >= 0.3 is 0 Å². The first-order valence-corrected chi connectivity index (χ1v) is 8.69. The summed E-state index contributed by atoms with van der Waals surface area (Å²) in [5, 5.41) is 4.69. The predicted molar refractivity (Wildman–Crippen MR) is 97.0 cm³/mol. The molecule has 0 aromatic carbocycles. The van der Waals surface area contributed by atoms with Gasteiger partial charge in [-0.3, -0.25) is 4.98 Å². The van der Waals surface area contributed by atoms with Crippen LogP contribution in [0.15, 0.2) is 24.5 Å². The Bertz CT molecular complexity index is 1090. The smallest absolute Gasteiger partial charge is 0.177 e. The normalized spacial score (nSPS) is 14.2. The lowest BCUT2D eigenvalue weighted by Gasteiger charge is -2.15. The molecule has 0 aliphatic rings. The fourth-order valence-corrected chi connectivity index (χ4v) is 3.36. The Labute approximate surface area is 150 Å². The van der Waals surface area contributed by atoms with Gasteiger partial charge in [0.25, 0.3) is 0 Å². The number of hydrogen-bond acceptors (Lipinski definition) is 4. The van der Waals surface area contributed by atoms with Crippen molar-refractivity contribution in [3.8, 4) is 0 Å². The lowest BCUT2D eigenvalue weighted by atomic mass is 9.91. The molecule has 4 aromatic heterocycles. The summed E-state index contributed by atoms with van der Waals surface area (Å²) in [4.78, 5) is 13.7. The molecule has 2 atom stereocenters. The van der Waals surface area contributed by atoms with Gasteiger partial charge in [0.05, 0.1) is 17.1 Å². The highest BCUT2D eigenvalue weighted by atomic mass is 19.1. The molecule has 0 bridgehead atoms. The van der Waals surface area contributed by atoms with E-state index in [1.165, 1.54) is 12.1 Å². The molecule has 0 saturated heterocycles. The lowest BCUT2D eigenvalue weighted by molar-refractivity contribution is 0.574. The Morgan fingerprint density at radius 1 is 1.08 bits per heavy atom. The topological polar surface area (TPSA) is 60.4 Å². The van der Waals surface area contributed by atoms with E-state index in [4.69, 9.17) is 4.98 Å². The van der Waals surface area contributed by atoms with Gasteiger partial charge in [0.1, 0.15) is 11.5 Å². The summed E-state index contributed by atoms with van der Waals surface area (Å²) < 4.78 is 17.3. The van der Waals surface area contributed by atoms with Crippen molar-refractivity contribution in [1.82, 2.24) is 29.0 Å². The molecule has 6 nitrogen and oxygen atoms in total. The third-order valence-electron chi connectivity index (χ3n) is 5.18. The average molecular weight is 352 g/mol. The molecule has 26 heavy (non-hydrogen) atoms. The van der Waals surface area contributed by atoms with Crippen LogP contribution in [0.5, 0.6) is 0 Å². The average Bonchev–Trinajstić information content (AvgIpc) is 3.20. The van der Waals surface area contributed by atoms with E-state index in [0.717, 1.165) is 34.2 Å². The first kappa shape index (κ1) is 16.6. The van der Waals surface area contributed by atoms with E-state index in [1.807, 2.05) is 29.7 Å². The van der Waals surface area contributed by atoms with E-state index >= 15 is 0 Å². The van der Waals surface area contributed by atoms with Gasteiger partial charge in [-0.05, 0) is 26.8 Å². The Balaban J connectivity index is 1.77. The molecular weight excluding hydrogens is 331 g/mol. The van der Waals surface area contributed by atoms with Crippen LogP contribution in [-0.4, -0.2) is 29.0 Å². The van der Waals surface area contributed by atoms with Gasteiger partial charge in [0, 0.05) is 36.0 Å². The van der Waals surface area contributed by atoms with E-state index in [9.17, 15) is 4.39 Å². The molecule has 4 rings (SSSR count). The molecule has 0 saturated carbocycles. The summed E-state index contributed by atoms with van der Waals surface area (Å²) in [7, 11) is 0. The van der Waals surface area contributed by atoms with Crippen molar-refractivity contribution in [2.24, 2.45) is 0 Å². The number of imidazole rings is 1. The molecule has 4 heterocycles. The summed E-state index contributed by atoms with van der Waals surface area (Å²) >= 11 is 0. The molecule has 0 spiro atoms. The zero-order valence-electron chi connectivity index (χ0n) is 15.5. The number of rotatable bonds is 3. The number of aryl methyl sites for hydroxylation is 3. The molecule has 0 N–H and O–H groups in total. The fraction of sp³-hybridized carbons (Fsp3) is 0.368. The van der Waals surface area contributed by atoms with E-state index in [1.54, 1.807) is 12.4 Å². The fourth-order valence-electron chi connectivity index (χ4n) is 3.36. The molecule has 0 fully saturated rings. The van der Waals surface area contributed by atoms with Gasteiger partial charge in [-0.2, -0.15) is 5.10 Å². The minimum absolute atomic E-state index is 0.0576. The third kappa shape index (κ3) is 2.46. The van der Waals surface area contributed by atoms with Crippen LogP contribution in [0.4, 0.5) is 4.39 Å². The maximum atomic E-state index is 13.5. The second-order valence-electron chi connectivity index (χ2n) is 6.92. The molecule has 134 valence electrons. The minimum Gasteiger partial charge on any atom is -0.304 e. The van der Waals surface area contributed by atoms with Crippen LogP contribution in [0.3, 0.4) is 0 Å². The largest absolute Gasteiger partial charge is 0.304 e. The number of nitrogens with zero attached hydrogens (tertiary/aromatic N) is 6.